The number of carbonyl (C=O) groups excluding carboxylic acids is 2. The molecular formula is C8H14N2O4Si. The van der Waals surface area contributed by atoms with Crippen LogP contribution in [0.2, 0.25) is 12.6 Å². The third-order valence-electron chi connectivity index (χ3n) is 2.12. The summed E-state index contributed by atoms with van der Waals surface area (Å²) >= 11 is 0. The van der Waals surface area contributed by atoms with Gasteiger partial charge in [0.05, 0.1) is 0 Å². The number of nitrogens with zero attached hydrogens (tertiary/aromatic N) is 2. The summed E-state index contributed by atoms with van der Waals surface area (Å²) in [7, 11) is 0.935. The largest absolute Gasteiger partial charge is 0.398 e. The summed E-state index contributed by atoms with van der Waals surface area (Å²) in [6.07, 6.45) is 2.41. The highest BCUT2D eigenvalue weighted by molar-refractivity contribution is 6.65. The Kier molecular flexibility index (Phi) is 6.69. The van der Waals surface area contributed by atoms with Crippen LogP contribution in [-0.4, -0.2) is 41.1 Å². The first-order valence-corrected chi connectivity index (χ1v) is 6.88. The lowest BCUT2D eigenvalue weighted by atomic mass is 10.4. The Bertz CT molecular complexity index is 262. The molecule has 0 spiro atoms. The van der Waals surface area contributed by atoms with Crippen molar-refractivity contribution in [3.63, 3.8) is 0 Å². The highest BCUT2D eigenvalue weighted by atomic mass is 28.4. The number of hydrogen-bond acceptors (Lipinski definition) is 6. The summed E-state index contributed by atoms with van der Waals surface area (Å²) in [5.41, 5.74) is 0. The van der Waals surface area contributed by atoms with Crippen molar-refractivity contribution in [3.05, 3.63) is 0 Å². The van der Waals surface area contributed by atoms with Crippen LogP contribution in [0.25, 0.3) is 0 Å². The fourth-order valence-corrected chi connectivity index (χ4v) is 2.32. The second kappa shape index (κ2) is 7.22. The molecule has 6 nitrogen and oxygen atoms in total. The van der Waals surface area contributed by atoms with Crippen LogP contribution in [0.4, 0.5) is 0 Å². The molecule has 0 aromatic heterocycles. The van der Waals surface area contributed by atoms with E-state index in [2.05, 4.69) is 9.98 Å². The molecule has 0 aliphatic rings. The van der Waals surface area contributed by atoms with Gasteiger partial charge in [-0.15, -0.1) is 0 Å². The van der Waals surface area contributed by atoms with Crippen molar-refractivity contribution >= 4 is 20.7 Å². The van der Waals surface area contributed by atoms with E-state index in [0.717, 1.165) is 0 Å². The Morgan fingerprint density at radius 1 is 1.20 bits per heavy atom. The van der Waals surface area contributed by atoms with E-state index in [1.54, 1.807) is 14.2 Å². The predicted octanol–water partition coefficient (Wildman–Crippen LogP) is 0.739. The maximum absolute atomic E-state index is 10.0. The maximum atomic E-state index is 10.0. The molecule has 0 bridgehead atoms. The lowest BCUT2D eigenvalue weighted by molar-refractivity contribution is 0.247. The Labute approximate surface area is 89.3 Å². The van der Waals surface area contributed by atoms with Crippen LogP contribution in [0, 0.1) is 0 Å². The van der Waals surface area contributed by atoms with Crippen LogP contribution in [0.15, 0.2) is 9.98 Å². The van der Waals surface area contributed by atoms with E-state index >= 15 is 0 Å². The van der Waals surface area contributed by atoms with Crippen LogP contribution in [0.1, 0.15) is 6.42 Å². The number of hydrogen-bond donors (Lipinski definition) is 0. The minimum atomic E-state index is -2.20. The van der Waals surface area contributed by atoms with E-state index in [-0.39, 0.29) is 0 Å². The monoisotopic (exact) mass is 230 g/mol. The van der Waals surface area contributed by atoms with Crippen molar-refractivity contribution in [1.29, 1.82) is 0 Å². The highest BCUT2D eigenvalue weighted by Gasteiger charge is 2.29. The van der Waals surface area contributed by atoms with Gasteiger partial charge >= 0.3 is 8.56 Å². The minimum absolute atomic E-state index is 0.412. The molecular weight excluding hydrogens is 216 g/mol. The number of isocyanates is 2. The average Bonchev–Trinajstić information content (AvgIpc) is 2.26. The van der Waals surface area contributed by atoms with Gasteiger partial charge in [0, 0.05) is 14.2 Å². The predicted molar refractivity (Wildman–Crippen MR) is 55.1 cm³/mol. The van der Waals surface area contributed by atoms with E-state index in [0.29, 0.717) is 12.5 Å². The molecule has 0 heterocycles. The summed E-state index contributed by atoms with van der Waals surface area (Å²) in [5, 5.41) is 0. The molecule has 0 rings (SSSR count). The average molecular weight is 230 g/mol. The van der Waals surface area contributed by atoms with Gasteiger partial charge in [0.15, 0.2) is 6.17 Å². The van der Waals surface area contributed by atoms with Crippen LogP contribution >= 0.6 is 0 Å². The van der Waals surface area contributed by atoms with E-state index < -0.39 is 14.7 Å². The number of rotatable bonds is 7. The van der Waals surface area contributed by atoms with Gasteiger partial charge in [-0.25, -0.2) is 9.59 Å². The van der Waals surface area contributed by atoms with Crippen LogP contribution < -0.4 is 0 Å². The summed E-state index contributed by atoms with van der Waals surface area (Å²) in [5.74, 6) is 0. The fraction of sp³-hybridized carbons (Fsp3) is 0.750. The molecule has 0 aliphatic heterocycles. The van der Waals surface area contributed by atoms with E-state index in [4.69, 9.17) is 8.85 Å². The van der Waals surface area contributed by atoms with E-state index in [1.165, 1.54) is 12.2 Å². The van der Waals surface area contributed by atoms with Gasteiger partial charge < -0.3 is 8.85 Å². The first kappa shape index (κ1) is 13.9. The lowest BCUT2D eigenvalue weighted by Gasteiger charge is -2.22. The highest BCUT2D eigenvalue weighted by Crippen LogP contribution is 2.16. The molecule has 0 aliphatic carbocycles. The van der Waals surface area contributed by atoms with Gasteiger partial charge in [0.25, 0.3) is 0 Å². The Balaban J connectivity index is 4.31. The molecule has 84 valence electrons. The van der Waals surface area contributed by atoms with Crippen molar-refractivity contribution in [2.75, 3.05) is 14.2 Å². The van der Waals surface area contributed by atoms with Gasteiger partial charge in [0.2, 0.25) is 12.2 Å². The van der Waals surface area contributed by atoms with Crippen molar-refractivity contribution in [3.8, 4) is 0 Å². The minimum Gasteiger partial charge on any atom is -0.398 e. The van der Waals surface area contributed by atoms with Crippen molar-refractivity contribution in [2.24, 2.45) is 9.98 Å². The van der Waals surface area contributed by atoms with Crippen LogP contribution in [0.3, 0.4) is 0 Å². The van der Waals surface area contributed by atoms with Gasteiger partial charge in [-0.1, -0.05) is 0 Å². The topological polar surface area (TPSA) is 77.3 Å². The molecule has 15 heavy (non-hydrogen) atoms. The maximum Gasteiger partial charge on any atom is 0.334 e. The molecule has 0 saturated carbocycles. The van der Waals surface area contributed by atoms with Crippen molar-refractivity contribution in [1.82, 2.24) is 0 Å². The van der Waals surface area contributed by atoms with E-state index in [1.807, 2.05) is 6.55 Å². The summed E-state index contributed by atoms with van der Waals surface area (Å²) in [6, 6.07) is 0.584. The third kappa shape index (κ3) is 5.36. The van der Waals surface area contributed by atoms with Gasteiger partial charge in [-0.3, -0.25) is 0 Å². The molecule has 0 fully saturated rings. The molecule has 0 radical (unpaired) electrons. The zero-order chi connectivity index (χ0) is 11.7. The van der Waals surface area contributed by atoms with Crippen molar-refractivity contribution in [2.45, 2.75) is 25.2 Å². The van der Waals surface area contributed by atoms with Gasteiger partial charge in [0.1, 0.15) is 0 Å². The summed E-state index contributed by atoms with van der Waals surface area (Å²) < 4.78 is 10.5. The second-order valence-electron chi connectivity index (χ2n) is 3.00. The quantitative estimate of drug-likeness (QED) is 0.367. The van der Waals surface area contributed by atoms with Gasteiger partial charge in [-0.2, -0.15) is 9.98 Å². The fourth-order valence-electron chi connectivity index (χ4n) is 0.958. The second-order valence-corrected chi connectivity index (χ2v) is 6.59. The Morgan fingerprint density at radius 2 is 1.67 bits per heavy atom. The smallest absolute Gasteiger partial charge is 0.334 e. The van der Waals surface area contributed by atoms with Crippen LogP contribution in [-0.2, 0) is 18.4 Å². The zero-order valence-electron chi connectivity index (χ0n) is 9.02. The molecule has 0 N–H and O–H groups in total. The first-order valence-electron chi connectivity index (χ1n) is 4.36. The molecule has 0 atom stereocenters. The zero-order valence-corrected chi connectivity index (χ0v) is 10.0. The Morgan fingerprint density at radius 3 is 2.00 bits per heavy atom. The first-order chi connectivity index (χ1) is 7.11. The summed E-state index contributed by atoms with van der Waals surface area (Å²) in [4.78, 5) is 26.8. The van der Waals surface area contributed by atoms with Crippen molar-refractivity contribution < 1.29 is 18.4 Å². The normalized spacial score (nSPS) is 12.5. The molecule has 7 heteroatoms. The molecule has 0 amide bonds. The lowest BCUT2D eigenvalue weighted by Crippen LogP contribution is -2.36. The van der Waals surface area contributed by atoms with Gasteiger partial charge in [-0.05, 0) is 19.0 Å². The molecule has 0 aromatic rings. The van der Waals surface area contributed by atoms with Crippen LogP contribution in [0.5, 0.6) is 0 Å². The van der Waals surface area contributed by atoms with E-state index in [9.17, 15) is 9.59 Å². The molecule has 0 saturated heterocycles. The molecule has 0 unspecified atom stereocenters. The number of aliphatic imine (C=N–C) groups is 2. The standard InChI is InChI=1S/C8H14N2O4Si/c1-13-15(3,14-2)5-4-8(9-6-11)10-7-12/h8H,4-5H2,1-3H3. The third-order valence-corrected chi connectivity index (χ3v) is 5.05. The molecule has 0 aromatic carbocycles. The Hall–Kier alpha value is -1.10. The summed E-state index contributed by atoms with van der Waals surface area (Å²) in [6.45, 7) is 1.87. The SMILES string of the molecule is CO[Si](C)(CCC(N=C=O)N=C=O)OC.